The molecule has 1 aromatic heterocycles. The highest BCUT2D eigenvalue weighted by Crippen LogP contribution is 2.22. The Morgan fingerprint density at radius 1 is 1.53 bits per heavy atom. The van der Waals surface area contributed by atoms with Crippen LogP contribution in [0, 0.1) is 5.92 Å². The molecule has 0 radical (unpaired) electrons. The number of hydrogen-bond donors (Lipinski definition) is 3. The second-order valence-electron chi connectivity index (χ2n) is 4.52. The molecule has 4 N–H and O–H groups in total. The molecular formula is C12H19N5O2. The molecule has 2 atom stereocenters. The summed E-state index contributed by atoms with van der Waals surface area (Å²) in [6, 6.07) is 3.19. The van der Waals surface area contributed by atoms with Gasteiger partial charge in [0, 0.05) is 19.1 Å². The number of amides is 1. The fourth-order valence-corrected chi connectivity index (χ4v) is 2.22. The molecule has 7 heteroatoms. The smallest absolute Gasteiger partial charge is 0.271 e. The first kappa shape index (κ1) is 13.7. The van der Waals surface area contributed by atoms with Crippen LogP contribution in [0.1, 0.15) is 30.3 Å². The fourth-order valence-electron chi connectivity index (χ4n) is 2.22. The maximum Gasteiger partial charge on any atom is 0.271 e. The number of nitrogens with zero attached hydrogens (tertiary/aromatic N) is 2. The molecule has 2 unspecified atom stereocenters. The van der Waals surface area contributed by atoms with Crippen LogP contribution in [0.5, 0.6) is 0 Å². The van der Waals surface area contributed by atoms with Gasteiger partial charge in [0.15, 0.2) is 11.5 Å². The van der Waals surface area contributed by atoms with Crippen molar-refractivity contribution >= 4 is 11.7 Å². The Morgan fingerprint density at radius 3 is 3.00 bits per heavy atom. The van der Waals surface area contributed by atoms with Crippen LogP contribution in [-0.4, -0.2) is 35.4 Å². The first-order chi connectivity index (χ1) is 9.24. The van der Waals surface area contributed by atoms with E-state index in [4.69, 9.17) is 10.6 Å². The lowest BCUT2D eigenvalue weighted by molar-refractivity contribution is 0.0824. The number of hydrogen-bond acceptors (Lipinski definition) is 6. The molecule has 19 heavy (non-hydrogen) atoms. The third-order valence-electron chi connectivity index (χ3n) is 3.32. The quantitative estimate of drug-likeness (QED) is 0.523. The molecule has 104 valence electrons. The number of carbonyl (C=O) groups excluding carboxylic acids is 1. The van der Waals surface area contributed by atoms with Gasteiger partial charge in [-0.1, -0.05) is 6.92 Å². The summed E-state index contributed by atoms with van der Waals surface area (Å²) >= 11 is 0. The Bertz CT molecular complexity index is 423. The van der Waals surface area contributed by atoms with Crippen LogP contribution in [0.3, 0.4) is 0 Å². The van der Waals surface area contributed by atoms with Crippen molar-refractivity contribution in [2.45, 2.75) is 25.9 Å². The van der Waals surface area contributed by atoms with Crippen molar-refractivity contribution in [3.05, 3.63) is 17.8 Å². The van der Waals surface area contributed by atoms with Crippen molar-refractivity contribution in [1.29, 1.82) is 0 Å². The lowest BCUT2D eigenvalue weighted by atomic mass is 10.00. The van der Waals surface area contributed by atoms with E-state index in [-0.39, 0.29) is 17.7 Å². The predicted octanol–water partition coefficient (Wildman–Crippen LogP) is 0.307. The van der Waals surface area contributed by atoms with Gasteiger partial charge in [-0.15, -0.1) is 10.2 Å². The summed E-state index contributed by atoms with van der Waals surface area (Å²) in [6.07, 6.45) is 2.20. The second-order valence-corrected chi connectivity index (χ2v) is 4.52. The predicted molar refractivity (Wildman–Crippen MR) is 70.3 cm³/mol. The molecule has 1 fully saturated rings. The summed E-state index contributed by atoms with van der Waals surface area (Å²) < 4.78 is 5.58. The minimum absolute atomic E-state index is 0.224. The van der Waals surface area contributed by atoms with Crippen LogP contribution < -0.4 is 16.6 Å². The summed E-state index contributed by atoms with van der Waals surface area (Å²) in [6.45, 7) is 3.47. The zero-order valence-corrected chi connectivity index (χ0v) is 10.9. The maximum atomic E-state index is 11.9. The van der Waals surface area contributed by atoms with E-state index in [1.807, 2.05) is 0 Å². The largest absolute Gasteiger partial charge is 0.378 e. The molecule has 0 spiro atoms. The number of aromatic nitrogens is 2. The molecule has 0 aliphatic carbocycles. The Hall–Kier alpha value is -1.73. The number of carbonyl (C=O) groups is 1. The van der Waals surface area contributed by atoms with Crippen LogP contribution in [0.2, 0.25) is 0 Å². The van der Waals surface area contributed by atoms with Crippen molar-refractivity contribution in [3.8, 4) is 0 Å². The molecule has 0 saturated carbocycles. The molecule has 0 bridgehead atoms. The lowest BCUT2D eigenvalue weighted by Crippen LogP contribution is -2.33. The Labute approximate surface area is 111 Å². The average Bonchev–Trinajstić information content (AvgIpc) is 2.92. The van der Waals surface area contributed by atoms with Crippen LogP contribution in [0.15, 0.2) is 12.1 Å². The first-order valence-electron chi connectivity index (χ1n) is 6.44. The molecule has 1 aliphatic heterocycles. The molecule has 2 rings (SSSR count). The van der Waals surface area contributed by atoms with Gasteiger partial charge in [0.2, 0.25) is 0 Å². The van der Waals surface area contributed by atoms with E-state index in [9.17, 15) is 4.79 Å². The Balaban J connectivity index is 1.86. The number of nitrogens with two attached hydrogens (primary N) is 1. The van der Waals surface area contributed by atoms with Crippen molar-refractivity contribution < 1.29 is 9.53 Å². The van der Waals surface area contributed by atoms with Crippen molar-refractivity contribution in [2.75, 3.05) is 18.6 Å². The molecule has 7 nitrogen and oxygen atoms in total. The topological polar surface area (TPSA) is 102 Å². The van der Waals surface area contributed by atoms with E-state index in [0.29, 0.717) is 18.3 Å². The normalized spacial score (nSPS) is 22.2. The third-order valence-corrected chi connectivity index (χ3v) is 3.32. The molecule has 2 heterocycles. The molecule has 1 amide bonds. The van der Waals surface area contributed by atoms with Crippen LogP contribution >= 0.6 is 0 Å². The van der Waals surface area contributed by atoms with Gasteiger partial charge in [-0.05, 0) is 25.0 Å². The summed E-state index contributed by atoms with van der Waals surface area (Å²) in [5.74, 6) is 5.76. The summed E-state index contributed by atoms with van der Waals surface area (Å²) in [5.41, 5.74) is 2.64. The van der Waals surface area contributed by atoms with Gasteiger partial charge < -0.3 is 15.5 Å². The minimum atomic E-state index is -0.224. The average molecular weight is 265 g/mol. The molecule has 0 aromatic carbocycles. The van der Waals surface area contributed by atoms with Crippen LogP contribution in [0.4, 0.5) is 5.82 Å². The van der Waals surface area contributed by atoms with E-state index >= 15 is 0 Å². The fraction of sp³-hybridized carbons (Fsp3) is 0.583. The number of hydrazine groups is 1. The molecule has 1 aliphatic rings. The van der Waals surface area contributed by atoms with Gasteiger partial charge >= 0.3 is 0 Å². The summed E-state index contributed by atoms with van der Waals surface area (Å²) in [4.78, 5) is 11.9. The third kappa shape index (κ3) is 3.39. The number of anilines is 1. The van der Waals surface area contributed by atoms with E-state index in [1.165, 1.54) is 0 Å². The van der Waals surface area contributed by atoms with Crippen molar-refractivity contribution in [3.63, 3.8) is 0 Å². The van der Waals surface area contributed by atoms with E-state index in [1.54, 1.807) is 12.1 Å². The van der Waals surface area contributed by atoms with E-state index in [0.717, 1.165) is 19.4 Å². The zero-order chi connectivity index (χ0) is 13.7. The highest BCUT2D eigenvalue weighted by molar-refractivity contribution is 5.92. The monoisotopic (exact) mass is 265 g/mol. The maximum absolute atomic E-state index is 11.9. The highest BCUT2D eigenvalue weighted by Gasteiger charge is 2.27. The van der Waals surface area contributed by atoms with E-state index < -0.39 is 0 Å². The van der Waals surface area contributed by atoms with E-state index in [2.05, 4.69) is 27.9 Å². The standard InChI is InChI=1S/C12H19N5O2/c1-2-10-8(5-6-19-10)7-14-12(18)9-3-4-11(15-13)17-16-9/h3-4,8,10H,2,5-7,13H2,1H3,(H,14,18)(H,15,17). The zero-order valence-electron chi connectivity index (χ0n) is 10.9. The van der Waals surface area contributed by atoms with Gasteiger partial charge in [0.1, 0.15) is 0 Å². The van der Waals surface area contributed by atoms with Crippen molar-refractivity contribution in [2.24, 2.45) is 11.8 Å². The Kier molecular flexibility index (Phi) is 4.64. The van der Waals surface area contributed by atoms with Gasteiger partial charge in [0.05, 0.1) is 6.10 Å². The second kappa shape index (κ2) is 6.44. The van der Waals surface area contributed by atoms with Crippen LogP contribution in [-0.2, 0) is 4.74 Å². The van der Waals surface area contributed by atoms with Gasteiger partial charge in [0.25, 0.3) is 5.91 Å². The molecular weight excluding hydrogens is 246 g/mol. The first-order valence-corrected chi connectivity index (χ1v) is 6.44. The summed E-state index contributed by atoms with van der Waals surface area (Å²) in [5, 5.41) is 10.4. The molecule has 1 aromatic rings. The van der Waals surface area contributed by atoms with Gasteiger partial charge in [-0.3, -0.25) is 4.79 Å². The van der Waals surface area contributed by atoms with Gasteiger partial charge in [-0.25, -0.2) is 5.84 Å². The highest BCUT2D eigenvalue weighted by atomic mass is 16.5. The molecule has 1 saturated heterocycles. The SMILES string of the molecule is CCC1OCCC1CNC(=O)c1ccc(NN)nn1. The van der Waals surface area contributed by atoms with Crippen LogP contribution in [0.25, 0.3) is 0 Å². The van der Waals surface area contributed by atoms with Crippen molar-refractivity contribution in [1.82, 2.24) is 15.5 Å². The number of nitrogens with one attached hydrogen (secondary N) is 2. The van der Waals surface area contributed by atoms with Gasteiger partial charge in [-0.2, -0.15) is 0 Å². The number of ether oxygens (including phenoxy) is 1. The minimum Gasteiger partial charge on any atom is -0.378 e. The lowest BCUT2D eigenvalue weighted by Gasteiger charge is -2.16. The Morgan fingerprint density at radius 2 is 2.37 bits per heavy atom. The number of nitrogen functional groups attached to an aromatic ring is 1. The number of rotatable bonds is 5. The summed E-state index contributed by atoms with van der Waals surface area (Å²) in [7, 11) is 0.